The molecule has 4 rings (SSSR count). The molecule has 0 bridgehead atoms. The van der Waals surface area contributed by atoms with Gasteiger partial charge in [0.1, 0.15) is 0 Å². The fourth-order valence-electron chi connectivity index (χ4n) is 3.83. The minimum atomic E-state index is 0. The van der Waals surface area contributed by atoms with Crippen molar-refractivity contribution in [3.05, 3.63) is 82.9 Å². The Morgan fingerprint density at radius 3 is 1.64 bits per heavy atom. The van der Waals surface area contributed by atoms with Crippen LogP contribution in [0.15, 0.2) is 60.7 Å². The van der Waals surface area contributed by atoms with Gasteiger partial charge in [-0.1, -0.05) is 0 Å². The van der Waals surface area contributed by atoms with E-state index in [2.05, 4.69) is 72.8 Å². The summed E-state index contributed by atoms with van der Waals surface area (Å²) in [5, 5.41) is 0. The van der Waals surface area contributed by atoms with Crippen molar-refractivity contribution in [1.29, 1.82) is 0 Å². The first-order valence-corrected chi connectivity index (χ1v) is 8.71. The van der Waals surface area contributed by atoms with Crippen LogP contribution in [0.2, 0.25) is 0 Å². The van der Waals surface area contributed by atoms with Gasteiger partial charge in [-0.15, -0.1) is 0 Å². The molecule has 0 N–H and O–H groups in total. The van der Waals surface area contributed by atoms with Crippen molar-refractivity contribution in [2.45, 2.75) is 11.8 Å². The summed E-state index contributed by atoms with van der Waals surface area (Å²) >= 11 is 1.15. The van der Waals surface area contributed by atoms with E-state index in [-0.39, 0.29) is 37.2 Å². The second-order valence-corrected chi connectivity index (χ2v) is 6.71. The zero-order chi connectivity index (χ0) is 14.9. The van der Waals surface area contributed by atoms with E-state index in [4.69, 9.17) is 2.81 Å². The monoisotopic (exact) mass is 468 g/mol. The first-order valence-electron chi connectivity index (χ1n) is 7.71. The van der Waals surface area contributed by atoms with Crippen LogP contribution in [0.4, 0.5) is 0 Å². The van der Waals surface area contributed by atoms with Crippen molar-refractivity contribution in [2.24, 2.45) is 5.92 Å². The second kappa shape index (κ2) is 10.1. The van der Waals surface area contributed by atoms with E-state index in [0.717, 1.165) is 31.8 Å². The molecule has 5 heteroatoms. The molecule has 0 heterocycles. The van der Waals surface area contributed by atoms with Crippen LogP contribution >= 0.6 is 0 Å². The molecule has 2 aliphatic carbocycles. The number of fused-ring (bicyclic) bond motifs is 2. The molecular weight excluding hydrogens is 454 g/mol. The molecule has 0 saturated carbocycles. The predicted octanol–water partition coefficient (Wildman–Crippen LogP) is -4.29. The Hall–Kier alpha value is -0.367. The van der Waals surface area contributed by atoms with Gasteiger partial charge in [0.05, 0.1) is 0 Å². The zero-order valence-corrected chi connectivity index (χ0v) is 18.1. The molecule has 2 atom stereocenters. The average Bonchev–Trinajstić information content (AvgIpc) is 3.17. The van der Waals surface area contributed by atoms with Crippen LogP contribution in [0.1, 0.15) is 34.1 Å². The van der Waals surface area contributed by atoms with Crippen LogP contribution in [0.3, 0.4) is 0 Å². The van der Waals surface area contributed by atoms with Gasteiger partial charge in [-0.05, 0) is 0 Å². The molecule has 2 unspecified atom stereocenters. The summed E-state index contributed by atoms with van der Waals surface area (Å²) in [4.78, 5) is 0. The van der Waals surface area contributed by atoms with Crippen LogP contribution in [0.25, 0.3) is 12.2 Å². The molecule has 0 aliphatic heterocycles. The topological polar surface area (TPSA) is 9.23 Å². The first-order chi connectivity index (χ1) is 10.9. The van der Waals surface area contributed by atoms with Gasteiger partial charge >= 0.3 is 147 Å². The molecular formula is C20H17Cl3OZr. The minimum absolute atomic E-state index is 0. The summed E-state index contributed by atoms with van der Waals surface area (Å²) in [6.45, 7) is 0.811. The Bertz CT molecular complexity index is 699. The van der Waals surface area contributed by atoms with E-state index in [9.17, 15) is 0 Å². The van der Waals surface area contributed by atoms with Crippen LogP contribution in [-0.2, 0) is 28.0 Å². The summed E-state index contributed by atoms with van der Waals surface area (Å²) < 4.78 is 5.68. The van der Waals surface area contributed by atoms with Gasteiger partial charge in [-0.25, -0.2) is 0 Å². The molecule has 25 heavy (non-hydrogen) atoms. The van der Waals surface area contributed by atoms with Gasteiger partial charge in [-0.2, -0.15) is 0 Å². The van der Waals surface area contributed by atoms with Gasteiger partial charge in [0.15, 0.2) is 0 Å². The molecule has 0 spiro atoms. The predicted molar refractivity (Wildman–Crippen MR) is 85.9 cm³/mol. The number of hydrogen-bond acceptors (Lipinski definition) is 1. The Morgan fingerprint density at radius 2 is 1.20 bits per heavy atom. The van der Waals surface area contributed by atoms with E-state index in [1.54, 1.807) is 0 Å². The van der Waals surface area contributed by atoms with E-state index in [1.165, 1.54) is 22.3 Å². The van der Waals surface area contributed by atoms with Crippen molar-refractivity contribution in [3.63, 3.8) is 0 Å². The Balaban J connectivity index is 0.00000104. The summed E-state index contributed by atoms with van der Waals surface area (Å²) in [7, 11) is 0. The first kappa shape index (κ1) is 22.7. The third kappa shape index (κ3) is 4.31. The molecule has 2 aromatic carbocycles. The normalized spacial score (nSPS) is 19.9. The standard InChI is InChI=1S/C20H17O.3ClH.Zr/c21-13-20(18-11-9-14-5-1-3-7-16(14)18)19-12-10-15-6-2-4-8-17(15)19;;;;/h1-12,18-20H,13H2;3*1H;/q-1;;;;+4/p-3. The molecule has 2 aromatic rings. The zero-order valence-electron chi connectivity index (χ0n) is 13.4. The third-order valence-corrected chi connectivity index (χ3v) is 5.28. The molecule has 1 nitrogen and oxygen atoms in total. The van der Waals surface area contributed by atoms with Gasteiger partial charge in [0.2, 0.25) is 0 Å². The summed E-state index contributed by atoms with van der Waals surface area (Å²) in [6.07, 6.45) is 9.25. The van der Waals surface area contributed by atoms with Gasteiger partial charge in [-0.3, -0.25) is 0 Å². The van der Waals surface area contributed by atoms with Gasteiger partial charge in [0, 0.05) is 0 Å². The fraction of sp³-hybridized carbons (Fsp3) is 0.200. The Kier molecular flexibility index (Phi) is 9.15. The molecule has 0 saturated heterocycles. The Labute approximate surface area is 183 Å². The molecule has 2 aliphatic rings. The maximum atomic E-state index is 5.68. The molecule has 0 fully saturated rings. The third-order valence-electron chi connectivity index (χ3n) is 4.87. The van der Waals surface area contributed by atoms with Crippen molar-refractivity contribution in [2.75, 3.05) is 6.61 Å². The van der Waals surface area contributed by atoms with Crippen molar-refractivity contribution in [1.82, 2.24) is 0 Å². The maximum absolute atomic E-state index is 5.68. The fourth-order valence-corrected chi connectivity index (χ4v) is 4.30. The van der Waals surface area contributed by atoms with Gasteiger partial charge in [0.25, 0.3) is 0 Å². The van der Waals surface area contributed by atoms with E-state index < -0.39 is 0 Å². The number of hydrogen-bond donors (Lipinski definition) is 0. The number of benzene rings is 2. The van der Waals surface area contributed by atoms with Gasteiger partial charge < -0.3 is 37.2 Å². The summed E-state index contributed by atoms with van der Waals surface area (Å²) in [5.41, 5.74) is 5.60. The quantitative estimate of drug-likeness (QED) is 0.440. The van der Waals surface area contributed by atoms with Crippen LogP contribution in [0.5, 0.6) is 0 Å². The number of allylic oxidation sites excluding steroid dienone is 2. The number of halogens is 3. The van der Waals surface area contributed by atoms with Crippen molar-refractivity contribution in [3.8, 4) is 0 Å². The number of rotatable bonds is 4. The van der Waals surface area contributed by atoms with E-state index in [1.807, 2.05) is 0 Å². The van der Waals surface area contributed by atoms with Crippen molar-refractivity contribution < 1.29 is 65.2 Å². The van der Waals surface area contributed by atoms with Crippen LogP contribution in [0, 0.1) is 5.92 Å². The molecule has 0 aromatic heterocycles. The van der Waals surface area contributed by atoms with E-state index in [0.29, 0.717) is 17.8 Å². The van der Waals surface area contributed by atoms with Crippen LogP contribution < -0.4 is 37.2 Å². The van der Waals surface area contributed by atoms with Crippen LogP contribution in [-0.4, -0.2) is 6.61 Å². The molecule has 128 valence electrons. The molecule has 0 amide bonds. The SMILES string of the molecule is [Cl-].[Cl-].[Cl-].[Zr+3][O]CC(C1C=Cc2ccccc21)C1C=Cc2ccccc21. The Morgan fingerprint density at radius 1 is 0.760 bits per heavy atom. The van der Waals surface area contributed by atoms with Crippen molar-refractivity contribution >= 4 is 12.2 Å². The van der Waals surface area contributed by atoms with E-state index >= 15 is 0 Å². The average molecular weight is 471 g/mol. The summed E-state index contributed by atoms with van der Waals surface area (Å²) in [6, 6.07) is 17.5. The molecule has 0 radical (unpaired) electrons. The summed E-state index contributed by atoms with van der Waals surface area (Å²) in [5.74, 6) is 1.34. The second-order valence-electron chi connectivity index (χ2n) is 6.00.